The molecule has 0 saturated heterocycles. The van der Waals surface area contributed by atoms with E-state index in [1.165, 1.54) is 0 Å². The first-order valence-corrected chi connectivity index (χ1v) is 4.15. The van der Waals surface area contributed by atoms with Crippen LogP contribution in [0.3, 0.4) is 0 Å². The molecule has 0 fully saturated rings. The van der Waals surface area contributed by atoms with Crippen molar-refractivity contribution in [3.8, 4) is 0 Å². The van der Waals surface area contributed by atoms with Crippen LogP contribution in [0.2, 0.25) is 0 Å². The first kappa shape index (κ1) is 9.46. The standard InChI is InChI=1S/C12H12O/c1-3-4-8-11-9-6-5-7-10(2)12(11)13/h3-9H,1H2,2H3/b8-4+. The summed E-state index contributed by atoms with van der Waals surface area (Å²) in [5.74, 6) is 0. The van der Waals surface area contributed by atoms with Crippen molar-refractivity contribution in [2.45, 2.75) is 6.92 Å². The lowest BCUT2D eigenvalue weighted by Crippen LogP contribution is -2.03. The summed E-state index contributed by atoms with van der Waals surface area (Å²) < 4.78 is 0. The summed E-state index contributed by atoms with van der Waals surface area (Å²) in [7, 11) is 0. The second kappa shape index (κ2) is 4.41. The quantitative estimate of drug-likeness (QED) is 0.626. The van der Waals surface area contributed by atoms with Crippen LogP contribution in [0, 0.1) is 6.92 Å². The highest BCUT2D eigenvalue weighted by Crippen LogP contribution is 1.96. The predicted octanol–water partition coefficient (Wildman–Crippen LogP) is 2.55. The molecule has 0 N–H and O–H groups in total. The highest BCUT2D eigenvalue weighted by molar-refractivity contribution is 5.51. The van der Waals surface area contributed by atoms with Gasteiger partial charge in [0.1, 0.15) is 0 Å². The molecular formula is C12H12O. The zero-order chi connectivity index (χ0) is 9.68. The third kappa shape index (κ3) is 2.41. The van der Waals surface area contributed by atoms with Crippen molar-refractivity contribution < 1.29 is 0 Å². The molecule has 1 aromatic rings. The molecule has 1 aromatic carbocycles. The fourth-order valence-electron chi connectivity index (χ4n) is 1.04. The Morgan fingerprint density at radius 3 is 2.69 bits per heavy atom. The topological polar surface area (TPSA) is 17.1 Å². The summed E-state index contributed by atoms with van der Waals surface area (Å²) in [5, 5.41) is 0. The Hall–Kier alpha value is -1.63. The fourth-order valence-corrected chi connectivity index (χ4v) is 1.04. The fraction of sp³-hybridized carbons (Fsp3) is 0.0833. The van der Waals surface area contributed by atoms with Crippen molar-refractivity contribution in [3.63, 3.8) is 0 Å². The monoisotopic (exact) mass is 172 g/mol. The van der Waals surface area contributed by atoms with Crippen LogP contribution in [-0.2, 0) is 0 Å². The van der Waals surface area contributed by atoms with Gasteiger partial charge in [-0.2, -0.15) is 0 Å². The largest absolute Gasteiger partial charge is 0.289 e. The number of hydrogen-bond acceptors (Lipinski definition) is 1. The minimum absolute atomic E-state index is 0.0723. The van der Waals surface area contributed by atoms with Gasteiger partial charge in [0.05, 0.1) is 0 Å². The smallest absolute Gasteiger partial charge is 0.188 e. The van der Waals surface area contributed by atoms with E-state index in [1.807, 2.05) is 25.1 Å². The van der Waals surface area contributed by atoms with Gasteiger partial charge in [0.15, 0.2) is 5.43 Å². The molecule has 0 spiro atoms. The second-order valence-electron chi connectivity index (χ2n) is 2.78. The lowest BCUT2D eigenvalue weighted by atomic mass is 10.2. The summed E-state index contributed by atoms with van der Waals surface area (Å²) in [6.07, 6.45) is 5.18. The van der Waals surface area contributed by atoms with Crippen LogP contribution < -0.4 is 5.43 Å². The molecule has 0 radical (unpaired) electrons. The summed E-state index contributed by atoms with van der Waals surface area (Å²) in [6.45, 7) is 5.37. The Kier molecular flexibility index (Phi) is 3.21. The van der Waals surface area contributed by atoms with Gasteiger partial charge in [-0.25, -0.2) is 0 Å². The molecule has 13 heavy (non-hydrogen) atoms. The molecule has 1 heteroatoms. The highest BCUT2D eigenvalue weighted by atomic mass is 16.1. The second-order valence-corrected chi connectivity index (χ2v) is 2.78. The van der Waals surface area contributed by atoms with Crippen molar-refractivity contribution in [1.29, 1.82) is 0 Å². The number of aryl methyl sites for hydroxylation is 1. The summed E-state index contributed by atoms with van der Waals surface area (Å²) in [5.41, 5.74) is 1.53. The van der Waals surface area contributed by atoms with Crippen molar-refractivity contribution in [2.75, 3.05) is 0 Å². The lowest BCUT2D eigenvalue weighted by Gasteiger charge is -1.85. The third-order valence-corrected chi connectivity index (χ3v) is 1.77. The SMILES string of the molecule is C=C/C=C/c1ccccc(C)c1=O. The summed E-state index contributed by atoms with van der Waals surface area (Å²) >= 11 is 0. The van der Waals surface area contributed by atoms with Gasteiger partial charge in [-0.15, -0.1) is 0 Å². The number of hydrogen-bond donors (Lipinski definition) is 0. The van der Waals surface area contributed by atoms with Crippen molar-refractivity contribution >= 4 is 6.08 Å². The van der Waals surface area contributed by atoms with Gasteiger partial charge in [0.25, 0.3) is 0 Å². The molecule has 1 rings (SSSR count). The van der Waals surface area contributed by atoms with Gasteiger partial charge < -0.3 is 0 Å². The van der Waals surface area contributed by atoms with E-state index >= 15 is 0 Å². The Morgan fingerprint density at radius 2 is 2.00 bits per heavy atom. The molecule has 0 atom stereocenters. The van der Waals surface area contributed by atoms with E-state index < -0.39 is 0 Å². The molecule has 0 bridgehead atoms. The maximum atomic E-state index is 11.6. The van der Waals surface area contributed by atoms with E-state index in [2.05, 4.69) is 6.58 Å². The Morgan fingerprint density at radius 1 is 1.31 bits per heavy atom. The van der Waals surface area contributed by atoms with Crippen LogP contribution in [0.15, 0.2) is 47.8 Å². The minimum Gasteiger partial charge on any atom is -0.289 e. The van der Waals surface area contributed by atoms with Crippen LogP contribution in [0.5, 0.6) is 0 Å². The molecule has 66 valence electrons. The maximum Gasteiger partial charge on any atom is 0.188 e. The molecule has 0 heterocycles. The van der Waals surface area contributed by atoms with Crippen LogP contribution in [0.1, 0.15) is 11.1 Å². The van der Waals surface area contributed by atoms with Crippen LogP contribution in [-0.4, -0.2) is 0 Å². The first-order valence-electron chi connectivity index (χ1n) is 4.15. The molecule has 1 nitrogen and oxygen atoms in total. The van der Waals surface area contributed by atoms with E-state index in [4.69, 9.17) is 0 Å². The van der Waals surface area contributed by atoms with Crippen LogP contribution in [0.25, 0.3) is 6.08 Å². The van der Waals surface area contributed by atoms with Gasteiger partial charge in [0, 0.05) is 5.56 Å². The normalized spacial score (nSPS) is 10.2. The molecule has 0 aliphatic heterocycles. The van der Waals surface area contributed by atoms with Gasteiger partial charge in [-0.3, -0.25) is 4.79 Å². The van der Waals surface area contributed by atoms with E-state index in [0.717, 1.165) is 5.56 Å². The molecule has 0 amide bonds. The van der Waals surface area contributed by atoms with Gasteiger partial charge >= 0.3 is 0 Å². The third-order valence-electron chi connectivity index (χ3n) is 1.77. The zero-order valence-corrected chi connectivity index (χ0v) is 7.66. The van der Waals surface area contributed by atoms with Crippen molar-refractivity contribution in [3.05, 3.63) is 64.3 Å². The Labute approximate surface area is 78.0 Å². The lowest BCUT2D eigenvalue weighted by molar-refractivity contribution is 1.42. The van der Waals surface area contributed by atoms with Crippen molar-refractivity contribution in [1.82, 2.24) is 0 Å². The summed E-state index contributed by atoms with van der Waals surface area (Å²) in [4.78, 5) is 11.6. The highest BCUT2D eigenvalue weighted by Gasteiger charge is 1.93. The number of rotatable bonds is 2. The van der Waals surface area contributed by atoms with Crippen LogP contribution >= 0.6 is 0 Å². The van der Waals surface area contributed by atoms with E-state index in [-0.39, 0.29) is 5.43 Å². The average molecular weight is 172 g/mol. The maximum absolute atomic E-state index is 11.6. The summed E-state index contributed by atoms with van der Waals surface area (Å²) in [6, 6.07) is 7.34. The van der Waals surface area contributed by atoms with Crippen LogP contribution in [0.4, 0.5) is 0 Å². The molecule has 0 aliphatic rings. The predicted molar refractivity (Wildman–Crippen MR) is 56.7 cm³/mol. The van der Waals surface area contributed by atoms with Gasteiger partial charge in [-0.1, -0.05) is 49.1 Å². The van der Waals surface area contributed by atoms with Crippen molar-refractivity contribution in [2.24, 2.45) is 0 Å². The first-order chi connectivity index (χ1) is 6.25. The zero-order valence-electron chi connectivity index (χ0n) is 7.66. The molecule has 0 aliphatic carbocycles. The number of allylic oxidation sites excluding steroid dienone is 2. The molecule has 0 unspecified atom stereocenters. The van der Waals surface area contributed by atoms with Gasteiger partial charge in [-0.05, 0) is 12.5 Å². The van der Waals surface area contributed by atoms with Gasteiger partial charge in [0.2, 0.25) is 0 Å². The molecule has 0 saturated carbocycles. The molecular weight excluding hydrogens is 160 g/mol. The van der Waals surface area contributed by atoms with E-state index in [9.17, 15) is 4.79 Å². The Bertz CT molecular complexity index is 389. The van der Waals surface area contributed by atoms with E-state index in [0.29, 0.717) is 5.56 Å². The molecule has 0 aromatic heterocycles. The average Bonchev–Trinajstić information content (AvgIpc) is 2.28. The minimum atomic E-state index is 0.0723. The van der Waals surface area contributed by atoms with E-state index in [1.54, 1.807) is 24.3 Å². The Balaban J connectivity index is 3.32.